The lowest BCUT2D eigenvalue weighted by molar-refractivity contribution is -0.385. The molecule has 1 aromatic heterocycles. The molecule has 21 heavy (non-hydrogen) atoms. The summed E-state index contributed by atoms with van der Waals surface area (Å²) < 4.78 is 0.349. The molecular formula is C13H12BrN3O3S. The Morgan fingerprint density at radius 2 is 2.24 bits per heavy atom. The maximum absolute atomic E-state index is 12.3. The third-order valence-corrected chi connectivity index (χ3v) is 4.30. The molecule has 2 aromatic rings. The van der Waals surface area contributed by atoms with Gasteiger partial charge in [-0.15, -0.1) is 11.3 Å². The largest absolute Gasteiger partial charge is 0.336 e. The van der Waals surface area contributed by atoms with Gasteiger partial charge < -0.3 is 4.90 Å². The van der Waals surface area contributed by atoms with E-state index in [1.807, 2.05) is 12.3 Å². The number of benzene rings is 1. The van der Waals surface area contributed by atoms with Crippen molar-refractivity contribution in [2.24, 2.45) is 0 Å². The molecule has 0 fully saturated rings. The second-order valence-electron chi connectivity index (χ2n) is 4.44. The maximum atomic E-state index is 12.3. The van der Waals surface area contributed by atoms with Crippen molar-refractivity contribution >= 4 is 38.9 Å². The second kappa shape index (κ2) is 6.31. The minimum atomic E-state index is -0.523. The van der Waals surface area contributed by atoms with Gasteiger partial charge in [0.2, 0.25) is 0 Å². The molecule has 1 aromatic carbocycles. The number of hydrogen-bond donors (Lipinski definition) is 0. The van der Waals surface area contributed by atoms with Crippen LogP contribution in [0.4, 0.5) is 5.69 Å². The monoisotopic (exact) mass is 369 g/mol. The van der Waals surface area contributed by atoms with Crippen molar-refractivity contribution in [2.45, 2.75) is 13.5 Å². The fourth-order valence-corrected chi connectivity index (χ4v) is 2.80. The number of amides is 1. The number of nitro groups is 1. The summed E-state index contributed by atoms with van der Waals surface area (Å²) in [6.07, 6.45) is 0. The summed E-state index contributed by atoms with van der Waals surface area (Å²) in [6, 6.07) is 4.34. The Labute approximate surface area is 133 Å². The van der Waals surface area contributed by atoms with E-state index >= 15 is 0 Å². The number of carbonyl (C=O) groups is 1. The van der Waals surface area contributed by atoms with Gasteiger partial charge in [-0.05, 0) is 35.0 Å². The molecule has 110 valence electrons. The van der Waals surface area contributed by atoms with Crippen LogP contribution in [-0.2, 0) is 6.54 Å². The van der Waals surface area contributed by atoms with Gasteiger partial charge in [-0.25, -0.2) is 4.98 Å². The van der Waals surface area contributed by atoms with Crippen molar-refractivity contribution in [3.05, 3.63) is 54.4 Å². The molecule has 1 heterocycles. The van der Waals surface area contributed by atoms with Crippen molar-refractivity contribution in [2.75, 3.05) is 7.05 Å². The summed E-state index contributed by atoms with van der Waals surface area (Å²) in [5.74, 6) is -0.281. The topological polar surface area (TPSA) is 76.3 Å². The molecule has 0 radical (unpaired) electrons. The molecule has 1 amide bonds. The fraction of sp³-hybridized carbons (Fsp3) is 0.231. The molecule has 2 rings (SSSR count). The summed E-state index contributed by atoms with van der Waals surface area (Å²) in [4.78, 5) is 28.5. The van der Waals surface area contributed by atoms with Crippen LogP contribution in [0.15, 0.2) is 28.1 Å². The van der Waals surface area contributed by atoms with Crippen molar-refractivity contribution < 1.29 is 9.72 Å². The number of halogens is 1. The molecule has 0 aliphatic heterocycles. The highest BCUT2D eigenvalue weighted by Gasteiger charge is 2.19. The predicted octanol–water partition coefficient (Wildman–Crippen LogP) is 3.39. The zero-order valence-corrected chi connectivity index (χ0v) is 13.8. The van der Waals surface area contributed by atoms with Crippen LogP contribution in [0.1, 0.15) is 21.1 Å². The second-order valence-corrected chi connectivity index (χ2v) is 6.36. The number of rotatable bonds is 4. The summed E-state index contributed by atoms with van der Waals surface area (Å²) >= 11 is 4.62. The van der Waals surface area contributed by atoms with E-state index in [4.69, 9.17) is 0 Å². The van der Waals surface area contributed by atoms with E-state index in [-0.39, 0.29) is 17.2 Å². The first kappa shape index (κ1) is 15.6. The standard InChI is InChI=1S/C13H12BrN3O3S/c1-8-15-10(7-21-8)6-16(2)13(18)9-3-4-11(14)12(5-9)17(19)20/h3-5,7H,6H2,1-2H3. The summed E-state index contributed by atoms with van der Waals surface area (Å²) in [5, 5.41) is 13.7. The molecule has 6 nitrogen and oxygen atoms in total. The Hall–Kier alpha value is -1.80. The quantitative estimate of drug-likeness (QED) is 0.611. The number of carbonyl (C=O) groups excluding carboxylic acids is 1. The number of aryl methyl sites for hydroxylation is 1. The van der Waals surface area contributed by atoms with E-state index in [2.05, 4.69) is 20.9 Å². The first-order valence-corrected chi connectivity index (χ1v) is 7.66. The number of aromatic nitrogens is 1. The Balaban J connectivity index is 2.19. The lowest BCUT2D eigenvalue weighted by atomic mass is 10.2. The van der Waals surface area contributed by atoms with E-state index in [1.54, 1.807) is 13.1 Å². The fourth-order valence-electron chi connectivity index (χ4n) is 1.80. The van der Waals surface area contributed by atoms with E-state index in [0.29, 0.717) is 11.0 Å². The summed E-state index contributed by atoms with van der Waals surface area (Å²) in [6.45, 7) is 2.26. The molecule has 0 spiro atoms. The molecule has 0 aliphatic rings. The number of nitro benzene ring substituents is 1. The van der Waals surface area contributed by atoms with Crippen LogP contribution in [0, 0.1) is 17.0 Å². The molecule has 8 heteroatoms. The lowest BCUT2D eigenvalue weighted by Gasteiger charge is -2.16. The SMILES string of the molecule is Cc1nc(CN(C)C(=O)c2ccc(Br)c([N+](=O)[O-])c2)cs1. The van der Waals surface area contributed by atoms with E-state index in [0.717, 1.165) is 10.7 Å². The highest BCUT2D eigenvalue weighted by Crippen LogP contribution is 2.26. The van der Waals surface area contributed by atoms with Crippen molar-refractivity contribution in [3.8, 4) is 0 Å². The van der Waals surface area contributed by atoms with Gasteiger partial charge in [-0.3, -0.25) is 14.9 Å². The Bertz CT molecular complexity index is 702. The molecule has 0 bridgehead atoms. The van der Waals surface area contributed by atoms with E-state index < -0.39 is 4.92 Å². The van der Waals surface area contributed by atoms with Gasteiger partial charge in [-0.2, -0.15) is 0 Å². The number of hydrogen-bond acceptors (Lipinski definition) is 5. The van der Waals surface area contributed by atoms with Crippen LogP contribution < -0.4 is 0 Å². The maximum Gasteiger partial charge on any atom is 0.284 e. The van der Waals surface area contributed by atoms with Crippen LogP contribution in [0.2, 0.25) is 0 Å². The molecule has 0 unspecified atom stereocenters. The minimum absolute atomic E-state index is 0.126. The number of nitrogens with zero attached hydrogens (tertiary/aromatic N) is 3. The van der Waals surface area contributed by atoms with Crippen LogP contribution in [0.25, 0.3) is 0 Å². The Morgan fingerprint density at radius 3 is 2.81 bits per heavy atom. The predicted molar refractivity (Wildman–Crippen MR) is 83.4 cm³/mol. The number of thiazole rings is 1. The molecule has 0 aliphatic carbocycles. The average molecular weight is 370 g/mol. The lowest BCUT2D eigenvalue weighted by Crippen LogP contribution is -2.26. The van der Waals surface area contributed by atoms with Gasteiger partial charge in [0.25, 0.3) is 11.6 Å². The van der Waals surface area contributed by atoms with Crippen LogP contribution >= 0.6 is 27.3 Å². The molecular weight excluding hydrogens is 358 g/mol. The van der Waals surface area contributed by atoms with Crippen LogP contribution in [0.3, 0.4) is 0 Å². The van der Waals surface area contributed by atoms with Crippen LogP contribution in [0.5, 0.6) is 0 Å². The smallest absolute Gasteiger partial charge is 0.284 e. The molecule has 0 atom stereocenters. The highest BCUT2D eigenvalue weighted by molar-refractivity contribution is 9.10. The van der Waals surface area contributed by atoms with Crippen molar-refractivity contribution in [1.29, 1.82) is 0 Å². The van der Waals surface area contributed by atoms with Gasteiger partial charge >= 0.3 is 0 Å². The van der Waals surface area contributed by atoms with E-state index in [9.17, 15) is 14.9 Å². The van der Waals surface area contributed by atoms with Crippen LogP contribution in [-0.4, -0.2) is 27.8 Å². The van der Waals surface area contributed by atoms with Crippen molar-refractivity contribution in [1.82, 2.24) is 9.88 Å². The van der Waals surface area contributed by atoms with Gasteiger partial charge in [-0.1, -0.05) is 0 Å². The Kier molecular flexibility index (Phi) is 4.69. The van der Waals surface area contributed by atoms with Gasteiger partial charge in [0.1, 0.15) is 0 Å². The van der Waals surface area contributed by atoms with Gasteiger partial charge in [0.05, 0.1) is 26.6 Å². The third kappa shape index (κ3) is 3.64. The molecule has 0 saturated heterocycles. The first-order valence-electron chi connectivity index (χ1n) is 5.99. The third-order valence-electron chi connectivity index (χ3n) is 2.80. The molecule has 0 saturated carbocycles. The Morgan fingerprint density at radius 1 is 1.52 bits per heavy atom. The molecule has 0 N–H and O–H groups in total. The zero-order chi connectivity index (χ0) is 15.6. The van der Waals surface area contributed by atoms with Gasteiger partial charge in [0, 0.05) is 24.1 Å². The average Bonchev–Trinajstić information content (AvgIpc) is 2.83. The van der Waals surface area contributed by atoms with E-state index in [1.165, 1.54) is 28.4 Å². The first-order chi connectivity index (χ1) is 9.88. The zero-order valence-electron chi connectivity index (χ0n) is 11.4. The normalized spacial score (nSPS) is 10.4. The van der Waals surface area contributed by atoms with Crippen molar-refractivity contribution in [3.63, 3.8) is 0 Å². The summed E-state index contributed by atoms with van der Waals surface area (Å²) in [7, 11) is 1.64. The minimum Gasteiger partial charge on any atom is -0.336 e. The summed E-state index contributed by atoms with van der Waals surface area (Å²) in [5.41, 5.74) is 0.957. The van der Waals surface area contributed by atoms with Gasteiger partial charge in [0.15, 0.2) is 0 Å². The highest BCUT2D eigenvalue weighted by atomic mass is 79.9.